The van der Waals surface area contributed by atoms with Crippen molar-refractivity contribution >= 4 is 39.0 Å². The maximum absolute atomic E-state index is 13.3. The zero-order valence-corrected chi connectivity index (χ0v) is 18.5. The quantitative estimate of drug-likeness (QED) is 0.647. The van der Waals surface area contributed by atoms with Crippen LogP contribution in [0.3, 0.4) is 0 Å². The Labute approximate surface area is 180 Å². The molecule has 1 aromatic carbocycles. The van der Waals surface area contributed by atoms with E-state index in [9.17, 15) is 4.79 Å². The smallest absolute Gasteiger partial charge is 0.257 e. The summed E-state index contributed by atoms with van der Waals surface area (Å²) in [5.74, 6) is 2.50. The number of thiophene rings is 1. The van der Waals surface area contributed by atoms with Crippen LogP contribution in [0.5, 0.6) is 11.5 Å². The first kappa shape index (κ1) is 20.4. The molecule has 8 heteroatoms. The molecule has 4 rings (SSSR count). The first-order chi connectivity index (χ1) is 14.5. The average molecular weight is 427 g/mol. The highest BCUT2D eigenvalue weighted by atomic mass is 32.1. The number of anilines is 2. The first-order valence-corrected chi connectivity index (χ1v) is 10.8. The van der Waals surface area contributed by atoms with Crippen molar-refractivity contribution < 1.29 is 14.3 Å². The molecule has 0 saturated carbocycles. The molecule has 1 N–H and O–H groups in total. The van der Waals surface area contributed by atoms with Crippen molar-refractivity contribution in [2.45, 2.75) is 26.7 Å². The van der Waals surface area contributed by atoms with Crippen LogP contribution in [0.15, 0.2) is 24.5 Å². The molecule has 2 aromatic heterocycles. The van der Waals surface area contributed by atoms with Crippen molar-refractivity contribution in [3.05, 3.63) is 35.0 Å². The van der Waals surface area contributed by atoms with Gasteiger partial charge in [0.05, 0.1) is 25.2 Å². The largest absolute Gasteiger partial charge is 0.497 e. The molecule has 30 heavy (non-hydrogen) atoms. The number of nitrogens with one attached hydrogen (secondary N) is 1. The van der Waals surface area contributed by atoms with Crippen molar-refractivity contribution in [1.29, 1.82) is 0 Å². The molecule has 1 unspecified atom stereocenters. The van der Waals surface area contributed by atoms with Gasteiger partial charge in [0.15, 0.2) is 0 Å². The van der Waals surface area contributed by atoms with Gasteiger partial charge in [0, 0.05) is 41.9 Å². The summed E-state index contributed by atoms with van der Waals surface area (Å²) in [7, 11) is 3.17. The van der Waals surface area contributed by atoms with Crippen LogP contribution in [-0.4, -0.2) is 43.2 Å². The summed E-state index contributed by atoms with van der Waals surface area (Å²) in [5.41, 5.74) is 1.24. The fraction of sp³-hybridized carbons (Fsp3) is 0.409. The van der Waals surface area contributed by atoms with Crippen molar-refractivity contribution in [1.82, 2.24) is 9.97 Å². The lowest BCUT2D eigenvalue weighted by Crippen LogP contribution is -2.35. The third-order valence-electron chi connectivity index (χ3n) is 5.44. The van der Waals surface area contributed by atoms with Crippen LogP contribution in [0.1, 0.15) is 35.0 Å². The van der Waals surface area contributed by atoms with Gasteiger partial charge in [-0.05, 0) is 25.7 Å². The summed E-state index contributed by atoms with van der Waals surface area (Å²) in [6, 6.07) is 5.31. The van der Waals surface area contributed by atoms with Crippen LogP contribution in [-0.2, 0) is 0 Å². The van der Waals surface area contributed by atoms with Gasteiger partial charge in [-0.1, -0.05) is 6.92 Å². The second kappa shape index (κ2) is 8.47. The highest BCUT2D eigenvalue weighted by Crippen LogP contribution is 2.37. The van der Waals surface area contributed by atoms with Gasteiger partial charge in [0.2, 0.25) is 0 Å². The number of fused-ring (bicyclic) bond motifs is 1. The Balaban J connectivity index is 1.73. The maximum Gasteiger partial charge on any atom is 0.257 e. The summed E-state index contributed by atoms with van der Waals surface area (Å²) in [4.78, 5) is 26.4. The Bertz CT molecular complexity index is 1060. The van der Waals surface area contributed by atoms with E-state index in [-0.39, 0.29) is 5.91 Å². The minimum atomic E-state index is -0.185. The van der Waals surface area contributed by atoms with E-state index >= 15 is 0 Å². The average Bonchev–Trinajstić information content (AvgIpc) is 3.09. The van der Waals surface area contributed by atoms with E-state index in [1.165, 1.54) is 17.8 Å². The van der Waals surface area contributed by atoms with Crippen LogP contribution < -0.4 is 19.7 Å². The molecule has 158 valence electrons. The van der Waals surface area contributed by atoms with E-state index in [0.29, 0.717) is 28.7 Å². The number of piperidine rings is 1. The number of rotatable bonds is 5. The number of amides is 1. The number of nitrogens with zero attached hydrogens (tertiary/aromatic N) is 3. The highest BCUT2D eigenvalue weighted by Gasteiger charge is 2.26. The molecular weight excluding hydrogens is 400 g/mol. The van der Waals surface area contributed by atoms with Gasteiger partial charge in [0.25, 0.3) is 5.91 Å². The number of carbonyl (C=O) groups excluding carboxylic acids is 1. The third-order valence-corrected chi connectivity index (χ3v) is 6.45. The number of methoxy groups -OCH3 is 2. The van der Waals surface area contributed by atoms with Crippen LogP contribution in [0.2, 0.25) is 0 Å². The van der Waals surface area contributed by atoms with E-state index in [4.69, 9.17) is 9.47 Å². The van der Waals surface area contributed by atoms with Crippen LogP contribution in [0.25, 0.3) is 10.2 Å². The SMILES string of the molecule is COc1cc(NC(=O)c2c(C)sc3ncnc(N4CCCC(C)C4)c23)cc(OC)c1. The molecule has 0 spiro atoms. The molecule has 7 nitrogen and oxygen atoms in total. The number of hydrogen-bond acceptors (Lipinski definition) is 7. The summed E-state index contributed by atoms with van der Waals surface area (Å²) in [6.07, 6.45) is 3.95. The lowest BCUT2D eigenvalue weighted by molar-refractivity contribution is 0.102. The molecule has 1 atom stereocenters. The Hall–Kier alpha value is -2.87. The second-order valence-electron chi connectivity index (χ2n) is 7.66. The summed E-state index contributed by atoms with van der Waals surface area (Å²) in [6.45, 7) is 6.10. The number of ether oxygens (including phenoxy) is 2. The minimum Gasteiger partial charge on any atom is -0.497 e. The molecule has 1 saturated heterocycles. The minimum absolute atomic E-state index is 0.185. The Morgan fingerprint density at radius 1 is 1.20 bits per heavy atom. The molecule has 1 aliphatic heterocycles. The van der Waals surface area contributed by atoms with E-state index in [1.807, 2.05) is 6.92 Å². The monoisotopic (exact) mass is 426 g/mol. The standard InChI is InChI=1S/C22H26N4O3S/c1-13-6-5-7-26(11-13)20-19-18(14(2)30-22(19)24-12-23-20)21(27)25-15-8-16(28-3)10-17(9-15)29-4/h8-10,12-13H,5-7,11H2,1-4H3,(H,25,27). The topological polar surface area (TPSA) is 76.6 Å². The molecule has 0 aliphatic carbocycles. The number of hydrogen-bond donors (Lipinski definition) is 1. The van der Waals surface area contributed by atoms with Gasteiger partial charge in [-0.3, -0.25) is 4.79 Å². The number of aryl methyl sites for hydroxylation is 1. The first-order valence-electron chi connectivity index (χ1n) is 10.0. The molecule has 3 aromatic rings. The van der Waals surface area contributed by atoms with E-state index in [2.05, 4.69) is 27.1 Å². The van der Waals surface area contributed by atoms with Gasteiger partial charge in [0.1, 0.15) is 28.5 Å². The van der Waals surface area contributed by atoms with Gasteiger partial charge >= 0.3 is 0 Å². The maximum atomic E-state index is 13.3. The van der Waals surface area contributed by atoms with Crippen LogP contribution in [0, 0.1) is 12.8 Å². The van der Waals surface area contributed by atoms with Gasteiger partial charge in [-0.25, -0.2) is 9.97 Å². The van der Waals surface area contributed by atoms with E-state index in [1.54, 1.807) is 38.7 Å². The molecule has 3 heterocycles. The van der Waals surface area contributed by atoms with Gasteiger partial charge in [-0.15, -0.1) is 11.3 Å². The van der Waals surface area contributed by atoms with Crippen LogP contribution >= 0.6 is 11.3 Å². The zero-order chi connectivity index (χ0) is 21.3. The van der Waals surface area contributed by atoms with Gasteiger partial charge < -0.3 is 19.7 Å². The number of aromatic nitrogens is 2. The predicted molar refractivity (Wildman–Crippen MR) is 120 cm³/mol. The lowest BCUT2D eigenvalue weighted by Gasteiger charge is -2.32. The molecule has 1 fully saturated rings. The molecule has 1 amide bonds. The van der Waals surface area contributed by atoms with Crippen molar-refractivity contribution in [3.63, 3.8) is 0 Å². The number of benzene rings is 1. The summed E-state index contributed by atoms with van der Waals surface area (Å²) >= 11 is 1.52. The Morgan fingerprint density at radius 3 is 2.60 bits per heavy atom. The van der Waals surface area contributed by atoms with Crippen LogP contribution in [0.4, 0.5) is 11.5 Å². The summed E-state index contributed by atoms with van der Waals surface area (Å²) < 4.78 is 10.6. The Morgan fingerprint density at radius 2 is 1.93 bits per heavy atom. The predicted octanol–water partition coefficient (Wildman–Crippen LogP) is 4.51. The van der Waals surface area contributed by atoms with Gasteiger partial charge in [-0.2, -0.15) is 0 Å². The van der Waals surface area contributed by atoms with E-state index in [0.717, 1.165) is 40.4 Å². The molecule has 0 radical (unpaired) electrons. The molecular formula is C22H26N4O3S. The summed E-state index contributed by atoms with van der Waals surface area (Å²) in [5, 5.41) is 3.83. The highest BCUT2D eigenvalue weighted by molar-refractivity contribution is 7.19. The zero-order valence-electron chi connectivity index (χ0n) is 17.7. The third kappa shape index (κ3) is 3.92. The fourth-order valence-corrected chi connectivity index (χ4v) is 4.98. The van der Waals surface area contributed by atoms with Crippen molar-refractivity contribution in [2.24, 2.45) is 5.92 Å². The fourth-order valence-electron chi connectivity index (χ4n) is 4.00. The normalized spacial score (nSPS) is 16.5. The number of carbonyl (C=O) groups is 1. The Kier molecular flexibility index (Phi) is 5.76. The lowest BCUT2D eigenvalue weighted by atomic mass is 10.00. The second-order valence-corrected chi connectivity index (χ2v) is 8.86. The van der Waals surface area contributed by atoms with E-state index < -0.39 is 0 Å². The van der Waals surface area contributed by atoms with Crippen molar-refractivity contribution in [3.8, 4) is 11.5 Å². The molecule has 0 bridgehead atoms. The van der Waals surface area contributed by atoms with Crippen molar-refractivity contribution in [2.75, 3.05) is 37.5 Å². The molecule has 1 aliphatic rings.